The molecule has 4 aromatic rings. The number of hydrogen-bond acceptors (Lipinski definition) is 4. The molecule has 30 heavy (non-hydrogen) atoms. The van der Waals surface area contributed by atoms with E-state index in [9.17, 15) is 14.9 Å². The van der Waals surface area contributed by atoms with Gasteiger partial charge in [0.15, 0.2) is 0 Å². The highest BCUT2D eigenvalue weighted by molar-refractivity contribution is 6.01. The fourth-order valence-electron chi connectivity index (χ4n) is 2.94. The predicted octanol–water partition coefficient (Wildman–Crippen LogP) is 6.18. The normalized spacial score (nSPS) is 10.4. The molecule has 4 aromatic carbocycles. The minimum absolute atomic E-state index is 0.000626. The van der Waals surface area contributed by atoms with Gasteiger partial charge in [-0.1, -0.05) is 30.3 Å². The molecule has 2 N–H and O–H groups in total. The third-order valence-electron chi connectivity index (χ3n) is 4.40. The summed E-state index contributed by atoms with van der Waals surface area (Å²) in [6.07, 6.45) is 0. The van der Waals surface area contributed by atoms with Crippen LogP contribution in [0.1, 0.15) is 0 Å². The summed E-state index contributed by atoms with van der Waals surface area (Å²) in [6, 6.07) is 25.9. The Hall–Kier alpha value is -4.39. The van der Waals surface area contributed by atoms with Crippen LogP contribution in [-0.4, -0.2) is 11.0 Å². The monoisotopic (exact) mass is 399 g/mol. The van der Waals surface area contributed by atoms with Crippen LogP contribution in [0.15, 0.2) is 91.0 Å². The number of ether oxygens (including phenoxy) is 1. The van der Waals surface area contributed by atoms with Crippen molar-refractivity contribution in [2.45, 2.75) is 0 Å². The van der Waals surface area contributed by atoms with Gasteiger partial charge in [-0.15, -0.1) is 0 Å². The van der Waals surface area contributed by atoms with Crippen LogP contribution in [0.3, 0.4) is 0 Å². The van der Waals surface area contributed by atoms with Gasteiger partial charge in [-0.3, -0.25) is 10.1 Å². The van der Waals surface area contributed by atoms with Gasteiger partial charge in [0.25, 0.3) is 5.69 Å². The third-order valence-corrected chi connectivity index (χ3v) is 4.40. The van der Waals surface area contributed by atoms with Gasteiger partial charge in [0.1, 0.15) is 11.5 Å². The second-order valence-electron chi connectivity index (χ2n) is 6.52. The molecular formula is C23H17N3O4. The summed E-state index contributed by atoms with van der Waals surface area (Å²) >= 11 is 0. The first-order chi connectivity index (χ1) is 14.6. The van der Waals surface area contributed by atoms with Crippen molar-refractivity contribution in [3.63, 3.8) is 0 Å². The summed E-state index contributed by atoms with van der Waals surface area (Å²) in [5, 5.41) is 18.4. The van der Waals surface area contributed by atoms with Gasteiger partial charge in [-0.25, -0.2) is 4.79 Å². The quantitative estimate of drug-likeness (QED) is 0.309. The number of nitrogens with one attached hydrogen (secondary N) is 2. The van der Waals surface area contributed by atoms with Crippen molar-refractivity contribution in [2.24, 2.45) is 0 Å². The highest BCUT2D eigenvalue weighted by Crippen LogP contribution is 2.25. The first kappa shape index (κ1) is 18.9. The second-order valence-corrected chi connectivity index (χ2v) is 6.52. The van der Waals surface area contributed by atoms with Gasteiger partial charge < -0.3 is 15.4 Å². The Bertz CT molecular complexity index is 1210. The summed E-state index contributed by atoms with van der Waals surface area (Å²) < 4.78 is 5.66. The average molecular weight is 399 g/mol. The molecule has 0 fully saturated rings. The van der Waals surface area contributed by atoms with E-state index in [1.54, 1.807) is 24.3 Å². The number of rotatable bonds is 5. The van der Waals surface area contributed by atoms with Crippen molar-refractivity contribution >= 4 is 33.9 Å². The van der Waals surface area contributed by atoms with E-state index in [1.807, 2.05) is 42.5 Å². The molecule has 148 valence electrons. The largest absolute Gasteiger partial charge is 0.457 e. The number of carbonyl (C=O) groups is 1. The fourth-order valence-corrected chi connectivity index (χ4v) is 2.94. The van der Waals surface area contributed by atoms with Crippen LogP contribution in [-0.2, 0) is 0 Å². The lowest BCUT2D eigenvalue weighted by molar-refractivity contribution is -0.384. The van der Waals surface area contributed by atoms with Crippen molar-refractivity contribution in [3.05, 3.63) is 101 Å². The number of nitrogens with zero attached hydrogens (tertiary/aromatic N) is 1. The zero-order chi connectivity index (χ0) is 20.9. The number of benzene rings is 4. The highest BCUT2D eigenvalue weighted by Gasteiger charge is 2.06. The molecular weight excluding hydrogens is 382 g/mol. The summed E-state index contributed by atoms with van der Waals surface area (Å²) in [6.45, 7) is 0. The van der Waals surface area contributed by atoms with E-state index in [4.69, 9.17) is 4.74 Å². The molecule has 0 aliphatic heterocycles. The van der Waals surface area contributed by atoms with E-state index in [0.717, 1.165) is 10.8 Å². The van der Waals surface area contributed by atoms with Gasteiger partial charge in [-0.2, -0.15) is 0 Å². The number of carbonyl (C=O) groups excluding carboxylic acids is 1. The minimum Gasteiger partial charge on any atom is -0.457 e. The zero-order valence-electron chi connectivity index (χ0n) is 15.7. The maximum atomic E-state index is 12.3. The molecule has 0 spiro atoms. The van der Waals surface area contributed by atoms with Crippen molar-refractivity contribution < 1.29 is 14.5 Å². The van der Waals surface area contributed by atoms with Crippen molar-refractivity contribution in [1.29, 1.82) is 0 Å². The number of urea groups is 1. The van der Waals surface area contributed by atoms with E-state index < -0.39 is 4.92 Å². The predicted molar refractivity (Wildman–Crippen MR) is 116 cm³/mol. The Kier molecular flexibility index (Phi) is 5.25. The van der Waals surface area contributed by atoms with E-state index in [-0.39, 0.29) is 11.7 Å². The van der Waals surface area contributed by atoms with Crippen LogP contribution >= 0.6 is 0 Å². The Balaban J connectivity index is 1.36. The second kappa shape index (κ2) is 8.32. The lowest BCUT2D eigenvalue weighted by atomic mass is 10.1. The summed E-state index contributed by atoms with van der Waals surface area (Å²) in [7, 11) is 0. The van der Waals surface area contributed by atoms with Gasteiger partial charge in [0, 0.05) is 23.5 Å². The van der Waals surface area contributed by atoms with Crippen LogP contribution in [0, 0.1) is 10.1 Å². The lowest BCUT2D eigenvalue weighted by Crippen LogP contribution is -2.19. The number of hydrogen-bond donors (Lipinski definition) is 2. The molecule has 0 bridgehead atoms. The summed E-state index contributed by atoms with van der Waals surface area (Å²) in [5.41, 5.74) is 1.30. The number of nitro groups is 1. The molecule has 0 unspecified atom stereocenters. The Morgan fingerprint density at radius 2 is 1.30 bits per heavy atom. The minimum atomic E-state index is -0.465. The zero-order valence-corrected chi connectivity index (χ0v) is 15.7. The molecule has 0 aromatic heterocycles. The number of non-ortho nitro benzene ring substituents is 1. The first-order valence-corrected chi connectivity index (χ1v) is 9.16. The smallest absolute Gasteiger partial charge is 0.323 e. The first-order valence-electron chi connectivity index (χ1n) is 9.16. The number of anilines is 2. The maximum Gasteiger partial charge on any atom is 0.323 e. The Labute approximate surface area is 172 Å². The molecule has 0 aliphatic carbocycles. The van der Waals surface area contributed by atoms with Crippen LogP contribution in [0.5, 0.6) is 11.5 Å². The molecule has 0 heterocycles. The number of nitro benzene ring substituents is 1. The van der Waals surface area contributed by atoms with E-state index in [0.29, 0.717) is 22.9 Å². The van der Waals surface area contributed by atoms with Crippen molar-refractivity contribution in [2.75, 3.05) is 10.6 Å². The topological polar surface area (TPSA) is 93.5 Å². The number of amides is 2. The molecule has 0 radical (unpaired) electrons. The molecule has 0 atom stereocenters. The molecule has 7 heteroatoms. The molecule has 4 rings (SSSR count). The standard InChI is InChI=1S/C23H17N3O4/c27-23(25-19-6-5-16-3-1-2-4-17(16)15-19)24-18-7-11-21(12-8-18)30-22-13-9-20(10-14-22)26(28)29/h1-15H,(H2,24,25,27). The molecule has 0 saturated heterocycles. The molecule has 7 nitrogen and oxygen atoms in total. The molecule has 0 aliphatic rings. The maximum absolute atomic E-state index is 12.3. The fraction of sp³-hybridized carbons (Fsp3) is 0. The van der Waals surface area contributed by atoms with Gasteiger partial charge in [0.05, 0.1) is 4.92 Å². The van der Waals surface area contributed by atoms with Crippen LogP contribution < -0.4 is 15.4 Å². The Morgan fingerprint density at radius 3 is 1.97 bits per heavy atom. The third kappa shape index (κ3) is 4.53. The lowest BCUT2D eigenvalue weighted by Gasteiger charge is -2.10. The number of fused-ring (bicyclic) bond motifs is 1. The summed E-state index contributed by atoms with van der Waals surface area (Å²) in [4.78, 5) is 22.5. The molecule has 2 amide bonds. The van der Waals surface area contributed by atoms with E-state index in [1.165, 1.54) is 24.3 Å². The van der Waals surface area contributed by atoms with Crippen LogP contribution in [0.2, 0.25) is 0 Å². The van der Waals surface area contributed by atoms with Crippen molar-refractivity contribution in [3.8, 4) is 11.5 Å². The van der Waals surface area contributed by atoms with Gasteiger partial charge in [0.2, 0.25) is 0 Å². The van der Waals surface area contributed by atoms with Crippen molar-refractivity contribution in [1.82, 2.24) is 0 Å². The SMILES string of the molecule is O=C(Nc1ccc(Oc2ccc([N+](=O)[O-])cc2)cc1)Nc1ccc2ccccc2c1. The van der Waals surface area contributed by atoms with Gasteiger partial charge >= 0.3 is 6.03 Å². The van der Waals surface area contributed by atoms with E-state index in [2.05, 4.69) is 10.6 Å². The van der Waals surface area contributed by atoms with Gasteiger partial charge in [-0.05, 0) is 59.3 Å². The van der Waals surface area contributed by atoms with E-state index >= 15 is 0 Å². The van der Waals surface area contributed by atoms with Crippen LogP contribution in [0.4, 0.5) is 21.9 Å². The summed E-state index contributed by atoms with van der Waals surface area (Å²) in [5.74, 6) is 1.03. The Morgan fingerprint density at radius 1 is 0.733 bits per heavy atom. The highest BCUT2D eigenvalue weighted by atomic mass is 16.6. The average Bonchev–Trinajstić information content (AvgIpc) is 2.75. The molecule has 0 saturated carbocycles. The van der Waals surface area contributed by atoms with Crippen LogP contribution in [0.25, 0.3) is 10.8 Å².